The van der Waals surface area contributed by atoms with Crippen LogP contribution in [-0.2, 0) is 11.3 Å². The highest BCUT2D eigenvalue weighted by Crippen LogP contribution is 2.25. The van der Waals surface area contributed by atoms with Crippen LogP contribution in [0.3, 0.4) is 0 Å². The lowest BCUT2D eigenvalue weighted by molar-refractivity contribution is -0.121. The molecule has 1 atom stereocenters. The third-order valence-corrected chi connectivity index (χ3v) is 6.21. The second-order valence-corrected chi connectivity index (χ2v) is 7.94. The van der Waals surface area contributed by atoms with Crippen molar-refractivity contribution in [2.45, 2.75) is 24.4 Å². The summed E-state index contributed by atoms with van der Waals surface area (Å²) in [6.07, 6.45) is 2.03. The van der Waals surface area contributed by atoms with Gasteiger partial charge in [-0.15, -0.1) is 11.8 Å². The molecule has 3 rings (SSSR count). The molecule has 1 aliphatic heterocycles. The molecule has 1 fully saturated rings. The number of nitrogens with one attached hydrogen (secondary N) is 1. The van der Waals surface area contributed by atoms with Crippen molar-refractivity contribution in [1.82, 2.24) is 9.80 Å². The summed E-state index contributed by atoms with van der Waals surface area (Å²) in [5, 5.41) is 7.44. The fourth-order valence-corrected chi connectivity index (χ4v) is 4.31. The van der Waals surface area contributed by atoms with Crippen molar-refractivity contribution in [3.8, 4) is 0 Å². The number of thioether (sulfide) groups is 1. The number of piperazine rings is 1. The molecule has 6 heteroatoms. The van der Waals surface area contributed by atoms with Crippen LogP contribution in [0.25, 0.3) is 0 Å². The zero-order valence-electron chi connectivity index (χ0n) is 14.8. The highest BCUT2D eigenvalue weighted by molar-refractivity contribution is 7.98. The van der Waals surface area contributed by atoms with Gasteiger partial charge in [0.2, 0.25) is 5.91 Å². The van der Waals surface area contributed by atoms with Gasteiger partial charge in [0.1, 0.15) is 0 Å². The van der Waals surface area contributed by atoms with E-state index < -0.39 is 0 Å². The number of carbonyl (C=O) groups is 1. The van der Waals surface area contributed by atoms with Crippen molar-refractivity contribution in [2.24, 2.45) is 0 Å². The van der Waals surface area contributed by atoms with E-state index in [1.165, 1.54) is 5.56 Å². The SMILES string of the molecule is CSc1ccccc1NC(=O)C(C)N1CCN(Cc2ccsc2)CC1. The van der Waals surface area contributed by atoms with Crippen molar-refractivity contribution in [3.05, 3.63) is 46.7 Å². The quantitative estimate of drug-likeness (QED) is 0.783. The Morgan fingerprint density at radius 2 is 2.00 bits per heavy atom. The Hall–Kier alpha value is -1.34. The van der Waals surface area contributed by atoms with Crippen molar-refractivity contribution in [2.75, 3.05) is 37.8 Å². The van der Waals surface area contributed by atoms with Gasteiger partial charge in [-0.05, 0) is 47.7 Å². The van der Waals surface area contributed by atoms with Gasteiger partial charge in [-0.25, -0.2) is 0 Å². The smallest absolute Gasteiger partial charge is 0.241 e. The highest BCUT2D eigenvalue weighted by atomic mass is 32.2. The van der Waals surface area contributed by atoms with Gasteiger partial charge in [0, 0.05) is 37.6 Å². The molecule has 1 saturated heterocycles. The molecule has 1 amide bonds. The van der Waals surface area contributed by atoms with Crippen LogP contribution in [0, 0.1) is 0 Å². The third-order valence-electron chi connectivity index (χ3n) is 4.69. The van der Waals surface area contributed by atoms with Crippen LogP contribution in [0.1, 0.15) is 12.5 Å². The number of amides is 1. The van der Waals surface area contributed by atoms with Crippen LogP contribution in [0.15, 0.2) is 46.0 Å². The lowest BCUT2D eigenvalue weighted by Gasteiger charge is -2.37. The largest absolute Gasteiger partial charge is 0.324 e. The van der Waals surface area contributed by atoms with E-state index in [0.29, 0.717) is 0 Å². The Morgan fingerprint density at radius 1 is 1.24 bits per heavy atom. The van der Waals surface area contributed by atoms with Crippen molar-refractivity contribution >= 4 is 34.7 Å². The summed E-state index contributed by atoms with van der Waals surface area (Å²) >= 11 is 3.40. The lowest BCUT2D eigenvalue weighted by atomic mass is 10.2. The van der Waals surface area contributed by atoms with E-state index in [9.17, 15) is 4.79 Å². The second kappa shape index (κ2) is 8.85. The van der Waals surface area contributed by atoms with Gasteiger partial charge in [0.25, 0.3) is 0 Å². The van der Waals surface area contributed by atoms with Crippen LogP contribution in [0.2, 0.25) is 0 Å². The molecular formula is C19H25N3OS2. The molecule has 1 aromatic heterocycles. The minimum Gasteiger partial charge on any atom is -0.324 e. The van der Waals surface area contributed by atoms with E-state index >= 15 is 0 Å². The number of para-hydroxylation sites is 1. The highest BCUT2D eigenvalue weighted by Gasteiger charge is 2.26. The van der Waals surface area contributed by atoms with Crippen molar-refractivity contribution in [3.63, 3.8) is 0 Å². The molecule has 1 N–H and O–H groups in total. The molecule has 134 valence electrons. The van der Waals surface area contributed by atoms with Crippen LogP contribution in [0.5, 0.6) is 0 Å². The Bertz CT molecular complexity index is 682. The maximum absolute atomic E-state index is 12.6. The van der Waals surface area contributed by atoms with Crippen molar-refractivity contribution < 1.29 is 4.79 Å². The predicted molar refractivity (Wildman–Crippen MR) is 107 cm³/mol. The number of carbonyl (C=O) groups excluding carboxylic acids is 1. The predicted octanol–water partition coefficient (Wildman–Crippen LogP) is 3.61. The van der Waals surface area contributed by atoms with Gasteiger partial charge in [-0.1, -0.05) is 12.1 Å². The van der Waals surface area contributed by atoms with E-state index in [1.54, 1.807) is 23.1 Å². The topological polar surface area (TPSA) is 35.6 Å². The number of hydrogen-bond acceptors (Lipinski definition) is 5. The maximum Gasteiger partial charge on any atom is 0.241 e. The van der Waals surface area contributed by atoms with Crippen LogP contribution >= 0.6 is 23.1 Å². The third kappa shape index (κ3) is 4.85. The Kier molecular flexibility index (Phi) is 6.53. The summed E-state index contributed by atoms with van der Waals surface area (Å²) < 4.78 is 0. The van der Waals surface area contributed by atoms with E-state index in [4.69, 9.17) is 0 Å². The number of anilines is 1. The van der Waals surface area contributed by atoms with E-state index in [1.807, 2.05) is 37.4 Å². The van der Waals surface area contributed by atoms with Gasteiger partial charge in [0.05, 0.1) is 11.7 Å². The molecule has 2 aromatic rings. The summed E-state index contributed by atoms with van der Waals surface area (Å²) in [5.41, 5.74) is 2.29. The minimum atomic E-state index is -0.113. The zero-order valence-corrected chi connectivity index (χ0v) is 16.4. The Morgan fingerprint density at radius 3 is 2.68 bits per heavy atom. The molecule has 0 radical (unpaired) electrons. The van der Waals surface area contributed by atoms with Crippen LogP contribution in [0.4, 0.5) is 5.69 Å². The van der Waals surface area contributed by atoms with E-state index in [0.717, 1.165) is 43.3 Å². The van der Waals surface area contributed by atoms with Crippen LogP contribution in [-0.4, -0.2) is 54.2 Å². The normalized spacial score (nSPS) is 17.4. The summed E-state index contributed by atoms with van der Waals surface area (Å²) in [6, 6.07) is 10.0. The van der Waals surface area contributed by atoms with Crippen LogP contribution < -0.4 is 5.32 Å². The maximum atomic E-state index is 12.6. The molecule has 0 bridgehead atoms. The first-order valence-electron chi connectivity index (χ1n) is 8.58. The van der Waals surface area contributed by atoms with Gasteiger partial charge in [0.15, 0.2) is 0 Å². The Balaban J connectivity index is 1.51. The molecule has 25 heavy (non-hydrogen) atoms. The fraction of sp³-hybridized carbons (Fsp3) is 0.421. The first-order chi connectivity index (χ1) is 12.2. The molecular weight excluding hydrogens is 350 g/mol. The number of thiophene rings is 1. The summed E-state index contributed by atoms with van der Waals surface area (Å²) in [4.78, 5) is 18.5. The molecule has 1 aliphatic rings. The summed E-state index contributed by atoms with van der Waals surface area (Å²) in [6.45, 7) is 6.90. The molecule has 0 saturated carbocycles. The zero-order chi connectivity index (χ0) is 17.6. The van der Waals surface area contributed by atoms with Crippen molar-refractivity contribution in [1.29, 1.82) is 0 Å². The summed E-state index contributed by atoms with van der Waals surface area (Å²) in [5.74, 6) is 0.0767. The van der Waals surface area contributed by atoms with E-state index in [-0.39, 0.29) is 11.9 Å². The number of nitrogens with zero attached hydrogens (tertiary/aromatic N) is 2. The molecule has 1 unspecified atom stereocenters. The average Bonchev–Trinajstić information content (AvgIpc) is 3.15. The molecule has 0 spiro atoms. The first kappa shape index (κ1) is 18.5. The van der Waals surface area contributed by atoms with Gasteiger partial charge in [-0.3, -0.25) is 14.6 Å². The number of hydrogen-bond donors (Lipinski definition) is 1. The monoisotopic (exact) mass is 375 g/mol. The molecule has 0 aliphatic carbocycles. The number of benzene rings is 1. The standard InChI is InChI=1S/C19H25N3OS2/c1-15(19(23)20-17-5-3-4-6-18(17)24-2)22-10-8-21(9-11-22)13-16-7-12-25-14-16/h3-7,12,14-15H,8-11,13H2,1-2H3,(H,20,23). The lowest BCUT2D eigenvalue weighted by Crippen LogP contribution is -2.52. The second-order valence-electron chi connectivity index (χ2n) is 6.31. The molecule has 2 heterocycles. The van der Waals surface area contributed by atoms with E-state index in [2.05, 4.69) is 31.9 Å². The molecule has 1 aromatic carbocycles. The molecule has 4 nitrogen and oxygen atoms in total. The van der Waals surface area contributed by atoms with Gasteiger partial charge >= 0.3 is 0 Å². The summed E-state index contributed by atoms with van der Waals surface area (Å²) in [7, 11) is 0. The minimum absolute atomic E-state index is 0.0767. The van der Waals surface area contributed by atoms with Gasteiger partial charge in [-0.2, -0.15) is 11.3 Å². The first-order valence-corrected chi connectivity index (χ1v) is 10.8. The van der Waals surface area contributed by atoms with Gasteiger partial charge < -0.3 is 5.32 Å². The average molecular weight is 376 g/mol. The Labute approximate surface area is 158 Å². The fourth-order valence-electron chi connectivity index (χ4n) is 3.10. The number of rotatable bonds is 6.